The Labute approximate surface area is 174 Å². The zero-order valence-corrected chi connectivity index (χ0v) is 17.5. The first-order valence-electron chi connectivity index (χ1n) is 10.4. The van der Waals surface area contributed by atoms with Gasteiger partial charge in [-0.25, -0.2) is 4.79 Å². The van der Waals surface area contributed by atoms with Crippen molar-refractivity contribution in [2.75, 3.05) is 19.6 Å². The Morgan fingerprint density at radius 2 is 2.03 bits per heavy atom. The Kier molecular flexibility index (Phi) is 6.86. The molecule has 2 saturated heterocycles. The molecule has 6 nitrogen and oxygen atoms in total. The number of urea groups is 1. The van der Waals surface area contributed by atoms with Gasteiger partial charge in [-0.05, 0) is 38.2 Å². The summed E-state index contributed by atoms with van der Waals surface area (Å²) in [7, 11) is 0. The van der Waals surface area contributed by atoms with Gasteiger partial charge >= 0.3 is 6.03 Å². The third-order valence-electron chi connectivity index (χ3n) is 5.89. The van der Waals surface area contributed by atoms with E-state index in [-0.39, 0.29) is 18.2 Å². The van der Waals surface area contributed by atoms with E-state index in [0.717, 1.165) is 49.4 Å². The van der Waals surface area contributed by atoms with E-state index in [2.05, 4.69) is 35.1 Å². The standard InChI is InChI=1S/C23H33N5O/c1-4-20(19-9-7-6-8-10-19)26-23(29)27-13-11-18(12-14-27)16-28-17(3)25-21(15-24)22(28)5-2/h4-10,15,17-18,20,25H,1,11-14,16,24H2,2-3H3,(H,26,29)/b21-15+,22-5+/t17?,20-/m0/s1. The van der Waals surface area contributed by atoms with E-state index in [1.807, 2.05) is 42.2 Å². The van der Waals surface area contributed by atoms with Gasteiger partial charge in [-0.3, -0.25) is 0 Å². The first kappa shape index (κ1) is 20.8. The van der Waals surface area contributed by atoms with Gasteiger partial charge in [-0.1, -0.05) is 42.5 Å². The molecule has 2 amide bonds. The SMILES string of the molecule is C=C[C@H](NC(=O)N1CCC(CN2C(=C/C)/C(=C\N)NC2C)CC1)c1ccccc1. The fourth-order valence-corrected chi connectivity index (χ4v) is 4.21. The van der Waals surface area contributed by atoms with Crippen LogP contribution in [0, 0.1) is 5.92 Å². The lowest BCUT2D eigenvalue weighted by molar-refractivity contribution is 0.149. The lowest BCUT2D eigenvalue weighted by Crippen LogP contribution is -2.47. The molecule has 3 rings (SSSR count). The zero-order chi connectivity index (χ0) is 20.8. The molecule has 2 aliphatic heterocycles. The van der Waals surface area contributed by atoms with Crippen molar-refractivity contribution in [3.8, 4) is 0 Å². The summed E-state index contributed by atoms with van der Waals surface area (Å²) in [5, 5.41) is 6.52. The lowest BCUT2D eigenvalue weighted by Gasteiger charge is -2.36. The normalized spacial score (nSPS) is 23.9. The molecule has 1 aromatic rings. The number of likely N-dealkylation sites (tertiary alicyclic amines) is 1. The number of nitrogens with zero attached hydrogens (tertiary/aromatic N) is 2. The van der Waals surface area contributed by atoms with Crippen LogP contribution in [0.5, 0.6) is 0 Å². The van der Waals surface area contributed by atoms with E-state index >= 15 is 0 Å². The molecule has 2 heterocycles. The molecule has 156 valence electrons. The average molecular weight is 396 g/mol. The minimum absolute atomic E-state index is 0.0177. The largest absolute Gasteiger partial charge is 0.403 e. The van der Waals surface area contributed by atoms with E-state index < -0.39 is 0 Å². The van der Waals surface area contributed by atoms with Crippen LogP contribution >= 0.6 is 0 Å². The summed E-state index contributed by atoms with van der Waals surface area (Å²) in [4.78, 5) is 17.0. The smallest absolute Gasteiger partial charge is 0.318 e. The van der Waals surface area contributed by atoms with Crippen molar-refractivity contribution in [1.82, 2.24) is 20.4 Å². The van der Waals surface area contributed by atoms with E-state index in [9.17, 15) is 4.79 Å². The van der Waals surface area contributed by atoms with E-state index in [1.165, 1.54) is 0 Å². The molecule has 4 N–H and O–H groups in total. The molecule has 0 spiro atoms. The van der Waals surface area contributed by atoms with Crippen LogP contribution in [0.25, 0.3) is 0 Å². The fraction of sp³-hybridized carbons (Fsp3) is 0.435. The first-order valence-corrected chi connectivity index (χ1v) is 10.4. The fourth-order valence-electron chi connectivity index (χ4n) is 4.21. The van der Waals surface area contributed by atoms with Gasteiger partial charge < -0.3 is 26.2 Å². The van der Waals surface area contributed by atoms with E-state index in [4.69, 9.17) is 5.73 Å². The van der Waals surface area contributed by atoms with Crippen molar-refractivity contribution >= 4 is 6.03 Å². The number of benzene rings is 1. The Morgan fingerprint density at radius 3 is 2.62 bits per heavy atom. The average Bonchev–Trinajstić information content (AvgIpc) is 3.07. The highest BCUT2D eigenvalue weighted by atomic mass is 16.2. The molecule has 2 aliphatic rings. The van der Waals surface area contributed by atoms with Crippen LogP contribution in [-0.2, 0) is 0 Å². The summed E-state index contributed by atoms with van der Waals surface area (Å²) in [5.74, 6) is 0.555. The molecule has 6 heteroatoms. The molecule has 0 aromatic heterocycles. The molecule has 0 bridgehead atoms. The van der Waals surface area contributed by atoms with Gasteiger partial charge in [0.15, 0.2) is 0 Å². The number of carbonyl (C=O) groups is 1. The molecule has 0 aliphatic carbocycles. The zero-order valence-electron chi connectivity index (χ0n) is 17.5. The quantitative estimate of drug-likeness (QED) is 0.669. The number of carbonyl (C=O) groups excluding carboxylic acids is 1. The van der Waals surface area contributed by atoms with Gasteiger partial charge in [0.05, 0.1) is 23.6 Å². The molecule has 1 aromatic carbocycles. The number of hydrogen-bond donors (Lipinski definition) is 3. The first-order chi connectivity index (χ1) is 14.1. The van der Waals surface area contributed by atoms with Crippen LogP contribution in [0.2, 0.25) is 0 Å². The van der Waals surface area contributed by atoms with Crippen molar-refractivity contribution < 1.29 is 4.79 Å². The van der Waals surface area contributed by atoms with Crippen LogP contribution in [-0.4, -0.2) is 41.6 Å². The van der Waals surface area contributed by atoms with Gasteiger partial charge in [0.1, 0.15) is 0 Å². The Morgan fingerprint density at radius 1 is 1.34 bits per heavy atom. The van der Waals surface area contributed by atoms with Crippen molar-refractivity contribution in [2.45, 2.75) is 38.9 Å². The van der Waals surface area contributed by atoms with Gasteiger partial charge in [-0.2, -0.15) is 0 Å². The number of nitrogens with one attached hydrogen (secondary N) is 2. The van der Waals surface area contributed by atoms with Gasteiger partial charge in [-0.15, -0.1) is 6.58 Å². The van der Waals surface area contributed by atoms with Gasteiger partial charge in [0.25, 0.3) is 0 Å². The molecule has 29 heavy (non-hydrogen) atoms. The molecule has 0 saturated carbocycles. The highest BCUT2D eigenvalue weighted by Gasteiger charge is 2.31. The number of amides is 2. The molecule has 2 fully saturated rings. The van der Waals surface area contributed by atoms with E-state index in [1.54, 1.807) is 12.3 Å². The maximum atomic E-state index is 12.7. The van der Waals surface area contributed by atoms with Crippen molar-refractivity contribution in [3.63, 3.8) is 0 Å². The Bertz CT molecular complexity index is 765. The predicted octanol–water partition coefficient (Wildman–Crippen LogP) is 3.29. The summed E-state index contributed by atoms with van der Waals surface area (Å²) >= 11 is 0. The molecular weight excluding hydrogens is 362 g/mol. The van der Waals surface area contributed by atoms with E-state index in [0.29, 0.717) is 5.92 Å². The highest BCUT2D eigenvalue weighted by Crippen LogP contribution is 2.28. The van der Waals surface area contributed by atoms with Crippen LogP contribution < -0.4 is 16.4 Å². The Hall–Kier alpha value is -2.89. The van der Waals surface area contributed by atoms with Gasteiger partial charge in [0, 0.05) is 25.8 Å². The summed E-state index contributed by atoms with van der Waals surface area (Å²) in [6.45, 7) is 10.6. The second-order valence-corrected chi connectivity index (χ2v) is 7.73. The summed E-state index contributed by atoms with van der Waals surface area (Å²) in [6.07, 6.45) is 7.76. The molecule has 0 radical (unpaired) electrons. The number of rotatable bonds is 5. The maximum Gasteiger partial charge on any atom is 0.318 e. The van der Waals surface area contributed by atoms with Crippen LogP contribution in [0.1, 0.15) is 38.3 Å². The number of piperidine rings is 1. The monoisotopic (exact) mass is 395 g/mol. The van der Waals surface area contributed by atoms with Crippen LogP contribution in [0.4, 0.5) is 4.79 Å². The highest BCUT2D eigenvalue weighted by molar-refractivity contribution is 5.75. The second kappa shape index (κ2) is 9.54. The number of allylic oxidation sites excluding steroid dienone is 1. The van der Waals surface area contributed by atoms with Crippen LogP contribution in [0.15, 0.2) is 66.7 Å². The maximum absolute atomic E-state index is 12.7. The third-order valence-corrected chi connectivity index (χ3v) is 5.89. The summed E-state index contributed by atoms with van der Waals surface area (Å²) < 4.78 is 0. The van der Waals surface area contributed by atoms with Gasteiger partial charge in [0.2, 0.25) is 0 Å². The predicted molar refractivity (Wildman–Crippen MR) is 118 cm³/mol. The van der Waals surface area contributed by atoms with Crippen molar-refractivity contribution in [1.29, 1.82) is 0 Å². The summed E-state index contributed by atoms with van der Waals surface area (Å²) in [5.41, 5.74) is 8.95. The molecule has 1 unspecified atom stereocenters. The lowest BCUT2D eigenvalue weighted by atomic mass is 9.96. The van der Waals surface area contributed by atoms with Crippen molar-refractivity contribution in [3.05, 3.63) is 72.2 Å². The minimum atomic E-state index is -0.170. The number of hydrogen-bond acceptors (Lipinski definition) is 4. The molecule has 2 atom stereocenters. The van der Waals surface area contributed by atoms with Crippen molar-refractivity contribution in [2.24, 2.45) is 11.7 Å². The second-order valence-electron chi connectivity index (χ2n) is 7.73. The van der Waals surface area contributed by atoms with Crippen LogP contribution in [0.3, 0.4) is 0 Å². The molecular formula is C23H33N5O. The number of nitrogens with two attached hydrogens (primary N) is 1. The third kappa shape index (κ3) is 4.75. The summed E-state index contributed by atoms with van der Waals surface area (Å²) in [6, 6.07) is 9.75. The Balaban J connectivity index is 1.52. The minimum Gasteiger partial charge on any atom is -0.403 e. The topological polar surface area (TPSA) is 73.6 Å².